The van der Waals surface area contributed by atoms with E-state index in [1.54, 1.807) is 6.92 Å². The Morgan fingerprint density at radius 2 is 2.40 bits per heavy atom. The second kappa shape index (κ2) is 2.12. The van der Waals surface area contributed by atoms with Crippen molar-refractivity contribution >= 4 is 6.09 Å². The van der Waals surface area contributed by atoms with E-state index in [-0.39, 0.29) is 0 Å². The van der Waals surface area contributed by atoms with Crippen LogP contribution in [-0.4, -0.2) is 35.5 Å². The first kappa shape index (κ1) is 7.34. The predicted molar refractivity (Wildman–Crippen MR) is 34.8 cm³/mol. The van der Waals surface area contributed by atoms with Crippen LogP contribution < -0.4 is 0 Å². The molecule has 0 aliphatic carbocycles. The van der Waals surface area contributed by atoms with Gasteiger partial charge >= 0.3 is 6.09 Å². The highest BCUT2D eigenvalue weighted by atomic mass is 16.5. The van der Waals surface area contributed by atoms with Gasteiger partial charge in [-0.1, -0.05) is 0 Å². The van der Waals surface area contributed by atoms with Crippen LogP contribution in [0.5, 0.6) is 0 Å². The van der Waals surface area contributed by atoms with Gasteiger partial charge in [-0.05, 0) is 6.92 Å². The molecule has 1 fully saturated rings. The van der Waals surface area contributed by atoms with Gasteiger partial charge in [-0.2, -0.15) is 0 Å². The van der Waals surface area contributed by atoms with Crippen molar-refractivity contribution in [3.63, 3.8) is 0 Å². The van der Waals surface area contributed by atoms with Crippen LogP contribution in [0, 0.1) is 0 Å². The minimum absolute atomic E-state index is 0.564. The highest BCUT2D eigenvalue weighted by molar-refractivity contribution is 5.67. The van der Waals surface area contributed by atoms with E-state index < -0.39 is 11.8 Å². The molecule has 0 aromatic carbocycles. The molecule has 0 aromatic heterocycles. The Labute approximate surface area is 59.4 Å². The van der Waals surface area contributed by atoms with Crippen LogP contribution >= 0.6 is 0 Å². The molecular weight excluding hydrogens is 134 g/mol. The second-order valence-electron chi connectivity index (χ2n) is 2.56. The number of hydrogen-bond donors (Lipinski definition) is 1. The maximum atomic E-state index is 10.4. The van der Waals surface area contributed by atoms with E-state index in [4.69, 9.17) is 9.84 Å². The number of amides is 1. The van der Waals surface area contributed by atoms with Crippen LogP contribution in [0.3, 0.4) is 0 Å². The molecule has 0 saturated carbocycles. The zero-order valence-electron chi connectivity index (χ0n) is 6.13. The summed E-state index contributed by atoms with van der Waals surface area (Å²) in [6.07, 6.45) is -0.119. The van der Waals surface area contributed by atoms with Gasteiger partial charge in [0.1, 0.15) is 5.72 Å². The molecule has 1 aliphatic rings. The summed E-state index contributed by atoms with van der Waals surface area (Å²) in [4.78, 5) is 11.7. The number of hydrogen-bond acceptors (Lipinski definition) is 2. The van der Waals surface area contributed by atoms with E-state index in [9.17, 15) is 4.79 Å². The molecule has 1 unspecified atom stereocenters. The molecule has 1 atom stereocenters. The van der Waals surface area contributed by atoms with Crippen molar-refractivity contribution in [1.82, 2.24) is 4.90 Å². The lowest BCUT2D eigenvalue weighted by molar-refractivity contribution is -0.168. The molecule has 1 rings (SSSR count). The molecule has 4 nitrogen and oxygen atoms in total. The molecule has 1 aliphatic heterocycles. The molecule has 10 heavy (non-hydrogen) atoms. The highest BCUT2D eigenvalue weighted by Gasteiger charge is 2.43. The van der Waals surface area contributed by atoms with Crippen molar-refractivity contribution in [2.75, 3.05) is 13.7 Å². The summed E-state index contributed by atoms with van der Waals surface area (Å²) < 4.78 is 4.99. The molecule has 0 spiro atoms. The summed E-state index contributed by atoms with van der Waals surface area (Å²) in [5.41, 5.74) is -0.564. The van der Waals surface area contributed by atoms with Crippen molar-refractivity contribution in [2.24, 2.45) is 0 Å². The number of rotatable bonds is 1. The number of nitrogens with zero attached hydrogens (tertiary/aromatic N) is 1. The van der Waals surface area contributed by atoms with E-state index >= 15 is 0 Å². The Morgan fingerprint density at radius 3 is 2.50 bits per heavy atom. The third-order valence-electron chi connectivity index (χ3n) is 2.04. The lowest BCUT2D eigenvalue weighted by Crippen LogP contribution is -2.60. The molecule has 1 heterocycles. The number of methoxy groups -OCH3 is 1. The number of ether oxygens (including phenoxy) is 1. The van der Waals surface area contributed by atoms with E-state index in [0.29, 0.717) is 6.54 Å². The fourth-order valence-electron chi connectivity index (χ4n) is 1.05. The van der Waals surface area contributed by atoms with Gasteiger partial charge in [0.15, 0.2) is 0 Å². The van der Waals surface area contributed by atoms with Gasteiger partial charge in [-0.15, -0.1) is 0 Å². The first-order valence-electron chi connectivity index (χ1n) is 3.16. The topological polar surface area (TPSA) is 49.8 Å². The van der Waals surface area contributed by atoms with Crippen molar-refractivity contribution in [2.45, 2.75) is 19.1 Å². The molecule has 58 valence electrons. The monoisotopic (exact) mass is 145 g/mol. The largest absolute Gasteiger partial charge is 0.465 e. The van der Waals surface area contributed by atoms with Gasteiger partial charge in [0.2, 0.25) is 0 Å². The predicted octanol–water partition coefficient (Wildman–Crippen LogP) is 0.733. The maximum absolute atomic E-state index is 10.4. The lowest BCUT2D eigenvalue weighted by atomic mass is 10.0. The Kier molecular flexibility index (Phi) is 1.56. The summed E-state index contributed by atoms with van der Waals surface area (Å²) in [6.45, 7) is 2.35. The minimum Gasteiger partial charge on any atom is -0.465 e. The summed E-state index contributed by atoms with van der Waals surface area (Å²) in [5, 5.41) is 8.55. The SMILES string of the molecule is COC1(C)CCN1C(=O)O. The zero-order chi connectivity index (χ0) is 7.78. The van der Waals surface area contributed by atoms with Crippen LogP contribution in [0.2, 0.25) is 0 Å². The van der Waals surface area contributed by atoms with Gasteiger partial charge in [0.05, 0.1) is 0 Å². The van der Waals surface area contributed by atoms with Crippen LogP contribution in [0.4, 0.5) is 4.79 Å². The average Bonchev–Trinajstić information content (AvgIpc) is 1.83. The Hall–Kier alpha value is -0.770. The van der Waals surface area contributed by atoms with E-state index in [1.807, 2.05) is 0 Å². The summed E-state index contributed by atoms with van der Waals surface area (Å²) in [5.74, 6) is 0. The summed E-state index contributed by atoms with van der Waals surface area (Å²) in [7, 11) is 1.52. The molecule has 0 aromatic rings. The van der Waals surface area contributed by atoms with E-state index in [0.717, 1.165) is 6.42 Å². The van der Waals surface area contributed by atoms with Crippen LogP contribution in [0.15, 0.2) is 0 Å². The molecule has 1 amide bonds. The van der Waals surface area contributed by atoms with Gasteiger partial charge in [0.25, 0.3) is 0 Å². The Balaban J connectivity index is 2.57. The zero-order valence-corrected chi connectivity index (χ0v) is 6.13. The van der Waals surface area contributed by atoms with Crippen molar-refractivity contribution in [3.8, 4) is 0 Å². The van der Waals surface area contributed by atoms with Crippen molar-refractivity contribution in [3.05, 3.63) is 0 Å². The number of carbonyl (C=O) groups is 1. The van der Waals surface area contributed by atoms with Gasteiger partial charge in [-0.3, -0.25) is 4.90 Å². The molecule has 0 bridgehead atoms. The smallest absolute Gasteiger partial charge is 0.409 e. The fourth-order valence-corrected chi connectivity index (χ4v) is 1.05. The number of likely N-dealkylation sites (tertiary alicyclic amines) is 1. The Morgan fingerprint density at radius 1 is 1.80 bits per heavy atom. The second-order valence-corrected chi connectivity index (χ2v) is 2.56. The number of carboxylic acid groups (broad SMARTS) is 1. The van der Waals surface area contributed by atoms with Crippen molar-refractivity contribution < 1.29 is 14.6 Å². The van der Waals surface area contributed by atoms with Crippen molar-refractivity contribution in [1.29, 1.82) is 0 Å². The van der Waals surface area contributed by atoms with E-state index in [1.165, 1.54) is 12.0 Å². The minimum atomic E-state index is -0.907. The molecule has 1 saturated heterocycles. The van der Waals surface area contributed by atoms with Gasteiger partial charge in [0, 0.05) is 20.1 Å². The highest BCUT2D eigenvalue weighted by Crippen LogP contribution is 2.30. The Bertz CT molecular complexity index is 155. The quantitative estimate of drug-likeness (QED) is 0.591. The maximum Gasteiger partial charge on any atom is 0.409 e. The van der Waals surface area contributed by atoms with Gasteiger partial charge in [-0.25, -0.2) is 4.79 Å². The first-order valence-corrected chi connectivity index (χ1v) is 3.16. The van der Waals surface area contributed by atoms with Crippen LogP contribution in [0.1, 0.15) is 13.3 Å². The first-order chi connectivity index (χ1) is 4.60. The molecule has 1 N–H and O–H groups in total. The molecule has 0 radical (unpaired) electrons. The lowest BCUT2D eigenvalue weighted by Gasteiger charge is -2.47. The molecule has 4 heteroatoms. The summed E-state index contributed by atoms with van der Waals surface area (Å²) >= 11 is 0. The average molecular weight is 145 g/mol. The summed E-state index contributed by atoms with van der Waals surface area (Å²) in [6, 6.07) is 0. The standard InChI is InChI=1S/C6H11NO3/c1-6(10-2)3-4-7(6)5(8)9/h3-4H2,1-2H3,(H,8,9). The third kappa shape index (κ3) is 0.844. The molecular formula is C6H11NO3. The van der Waals surface area contributed by atoms with Crippen LogP contribution in [-0.2, 0) is 4.74 Å². The normalized spacial score (nSPS) is 31.6. The third-order valence-corrected chi connectivity index (χ3v) is 2.04. The fraction of sp³-hybridized carbons (Fsp3) is 0.833. The van der Waals surface area contributed by atoms with Crippen LogP contribution in [0.25, 0.3) is 0 Å². The van der Waals surface area contributed by atoms with Gasteiger partial charge < -0.3 is 9.84 Å². The van der Waals surface area contributed by atoms with E-state index in [2.05, 4.69) is 0 Å².